The summed E-state index contributed by atoms with van der Waals surface area (Å²) in [5.74, 6) is 1.56. The molecule has 1 spiro atoms. The van der Waals surface area contributed by atoms with Gasteiger partial charge in [-0.1, -0.05) is 18.9 Å². The number of piperidine rings is 1. The second-order valence-electron chi connectivity index (χ2n) is 6.81. The Balaban J connectivity index is 1.47. The SMILES string of the molecule is c1cc2c(cc1CC1CCCCN1)OC1(CCCCC1)O2. The minimum atomic E-state index is -0.345. The highest BCUT2D eigenvalue weighted by molar-refractivity contribution is 5.46. The van der Waals surface area contributed by atoms with Gasteiger partial charge in [0.15, 0.2) is 11.5 Å². The van der Waals surface area contributed by atoms with Gasteiger partial charge in [0.2, 0.25) is 0 Å². The van der Waals surface area contributed by atoms with Gasteiger partial charge in [-0.3, -0.25) is 0 Å². The summed E-state index contributed by atoms with van der Waals surface area (Å²) in [6, 6.07) is 7.15. The number of benzene rings is 1. The van der Waals surface area contributed by atoms with Gasteiger partial charge in [0.1, 0.15) is 0 Å². The second-order valence-corrected chi connectivity index (χ2v) is 6.81. The van der Waals surface area contributed by atoms with E-state index in [4.69, 9.17) is 9.47 Å². The molecule has 1 unspecified atom stereocenters. The lowest BCUT2D eigenvalue weighted by molar-refractivity contribution is -0.105. The average Bonchev–Trinajstić information content (AvgIpc) is 2.85. The first-order chi connectivity index (χ1) is 10.3. The van der Waals surface area contributed by atoms with Crippen molar-refractivity contribution in [3.63, 3.8) is 0 Å². The normalized spacial score (nSPS) is 27.0. The zero-order valence-electron chi connectivity index (χ0n) is 12.7. The summed E-state index contributed by atoms with van der Waals surface area (Å²) in [5.41, 5.74) is 1.37. The van der Waals surface area contributed by atoms with Gasteiger partial charge in [-0.2, -0.15) is 0 Å². The number of rotatable bonds is 2. The Bertz CT molecular complexity index is 502. The lowest BCUT2D eigenvalue weighted by Gasteiger charge is -2.31. The van der Waals surface area contributed by atoms with E-state index in [9.17, 15) is 0 Å². The van der Waals surface area contributed by atoms with E-state index in [1.807, 2.05) is 0 Å². The Morgan fingerprint density at radius 2 is 1.86 bits per heavy atom. The molecule has 1 aromatic rings. The summed E-state index contributed by atoms with van der Waals surface area (Å²) in [5, 5.41) is 3.62. The van der Waals surface area contributed by atoms with Gasteiger partial charge in [0.25, 0.3) is 5.79 Å². The van der Waals surface area contributed by atoms with E-state index in [2.05, 4.69) is 23.5 Å². The Morgan fingerprint density at radius 3 is 2.67 bits per heavy atom. The van der Waals surface area contributed by atoms with Gasteiger partial charge in [0.05, 0.1) is 0 Å². The lowest BCUT2D eigenvalue weighted by atomic mass is 9.94. The third-order valence-corrected chi connectivity index (χ3v) is 5.11. The van der Waals surface area contributed by atoms with Gasteiger partial charge in [-0.15, -0.1) is 0 Å². The zero-order chi connectivity index (χ0) is 14.1. The summed E-state index contributed by atoms with van der Waals surface area (Å²) in [4.78, 5) is 0. The Labute approximate surface area is 127 Å². The van der Waals surface area contributed by atoms with Crippen molar-refractivity contribution in [2.24, 2.45) is 0 Å². The number of nitrogens with one attached hydrogen (secondary N) is 1. The van der Waals surface area contributed by atoms with Crippen molar-refractivity contribution in [1.29, 1.82) is 0 Å². The minimum Gasteiger partial charge on any atom is -0.448 e. The van der Waals surface area contributed by atoms with Crippen LogP contribution in [0.15, 0.2) is 18.2 Å². The maximum absolute atomic E-state index is 6.22. The van der Waals surface area contributed by atoms with Crippen molar-refractivity contribution in [2.45, 2.75) is 69.6 Å². The molecule has 2 fully saturated rings. The van der Waals surface area contributed by atoms with Crippen LogP contribution in [0.1, 0.15) is 56.9 Å². The minimum absolute atomic E-state index is 0.345. The molecule has 1 aliphatic carbocycles. The molecule has 1 saturated heterocycles. The lowest BCUT2D eigenvalue weighted by Crippen LogP contribution is -2.40. The third-order valence-electron chi connectivity index (χ3n) is 5.11. The molecule has 3 aliphatic rings. The van der Waals surface area contributed by atoms with Crippen molar-refractivity contribution < 1.29 is 9.47 Å². The first-order valence-corrected chi connectivity index (χ1v) is 8.57. The predicted molar refractivity (Wildman–Crippen MR) is 82.9 cm³/mol. The summed E-state index contributed by atoms with van der Waals surface area (Å²) in [6.07, 6.45) is 10.9. The zero-order valence-corrected chi connectivity index (χ0v) is 12.7. The van der Waals surface area contributed by atoms with Crippen LogP contribution in [0.4, 0.5) is 0 Å². The van der Waals surface area contributed by atoms with Gasteiger partial charge < -0.3 is 14.8 Å². The first kappa shape index (κ1) is 13.4. The van der Waals surface area contributed by atoms with Crippen LogP contribution >= 0.6 is 0 Å². The van der Waals surface area contributed by atoms with Crippen molar-refractivity contribution in [1.82, 2.24) is 5.32 Å². The number of ether oxygens (including phenoxy) is 2. The van der Waals surface area contributed by atoms with Crippen molar-refractivity contribution in [3.05, 3.63) is 23.8 Å². The summed E-state index contributed by atoms with van der Waals surface area (Å²) < 4.78 is 12.4. The molecular formula is C18H25NO2. The largest absolute Gasteiger partial charge is 0.448 e. The van der Waals surface area contributed by atoms with E-state index >= 15 is 0 Å². The Hall–Kier alpha value is -1.22. The van der Waals surface area contributed by atoms with Crippen molar-refractivity contribution in [2.75, 3.05) is 6.54 Å². The van der Waals surface area contributed by atoms with Crippen LogP contribution in [0, 0.1) is 0 Å². The van der Waals surface area contributed by atoms with E-state index in [-0.39, 0.29) is 5.79 Å². The van der Waals surface area contributed by atoms with E-state index in [0.29, 0.717) is 6.04 Å². The molecule has 3 heteroatoms. The fraction of sp³-hybridized carbons (Fsp3) is 0.667. The molecule has 0 amide bonds. The summed E-state index contributed by atoms with van der Waals surface area (Å²) in [7, 11) is 0. The highest BCUT2D eigenvalue weighted by Crippen LogP contribution is 2.45. The number of hydrogen-bond acceptors (Lipinski definition) is 3. The molecule has 0 radical (unpaired) electrons. The monoisotopic (exact) mass is 287 g/mol. The fourth-order valence-electron chi connectivity index (χ4n) is 3.94. The molecule has 4 rings (SSSR count). The number of hydrogen-bond donors (Lipinski definition) is 1. The second kappa shape index (κ2) is 5.53. The molecule has 0 aromatic heterocycles. The van der Waals surface area contributed by atoms with Crippen LogP contribution < -0.4 is 14.8 Å². The predicted octanol–water partition coefficient (Wildman–Crippen LogP) is 3.80. The average molecular weight is 287 g/mol. The molecule has 0 bridgehead atoms. The molecule has 21 heavy (non-hydrogen) atoms. The van der Waals surface area contributed by atoms with Gasteiger partial charge >= 0.3 is 0 Å². The maximum atomic E-state index is 6.22. The highest BCUT2D eigenvalue weighted by Gasteiger charge is 2.42. The van der Waals surface area contributed by atoms with E-state index < -0.39 is 0 Å². The first-order valence-electron chi connectivity index (χ1n) is 8.57. The molecule has 1 saturated carbocycles. The molecule has 2 aliphatic heterocycles. The third kappa shape index (κ3) is 2.76. The highest BCUT2D eigenvalue weighted by atomic mass is 16.7. The molecule has 1 N–H and O–H groups in total. The summed E-state index contributed by atoms with van der Waals surface area (Å²) in [6.45, 7) is 1.17. The van der Waals surface area contributed by atoms with Crippen LogP contribution in [0.3, 0.4) is 0 Å². The Morgan fingerprint density at radius 1 is 1.00 bits per heavy atom. The smallest absolute Gasteiger partial charge is 0.251 e. The topological polar surface area (TPSA) is 30.5 Å². The van der Waals surface area contributed by atoms with E-state index in [0.717, 1.165) is 30.8 Å². The molecule has 1 aromatic carbocycles. The molecule has 3 nitrogen and oxygen atoms in total. The molecular weight excluding hydrogens is 262 g/mol. The summed E-state index contributed by atoms with van der Waals surface area (Å²) >= 11 is 0. The van der Waals surface area contributed by atoms with Crippen LogP contribution in [-0.4, -0.2) is 18.4 Å². The van der Waals surface area contributed by atoms with E-state index in [1.165, 1.54) is 50.6 Å². The standard InChI is InChI=1S/C18H25NO2/c1-3-9-18(10-4-1)20-16-8-7-14(13-17(16)21-18)12-15-6-2-5-11-19-15/h7-8,13,15,19H,1-6,9-12H2. The quantitative estimate of drug-likeness (QED) is 0.897. The maximum Gasteiger partial charge on any atom is 0.251 e. The van der Waals surface area contributed by atoms with Crippen LogP contribution in [0.2, 0.25) is 0 Å². The number of fused-ring (bicyclic) bond motifs is 1. The molecule has 114 valence electrons. The van der Waals surface area contributed by atoms with Gasteiger partial charge in [0, 0.05) is 18.9 Å². The Kier molecular flexibility index (Phi) is 3.54. The van der Waals surface area contributed by atoms with Crippen molar-refractivity contribution in [3.8, 4) is 11.5 Å². The van der Waals surface area contributed by atoms with E-state index in [1.54, 1.807) is 0 Å². The van der Waals surface area contributed by atoms with Gasteiger partial charge in [-0.25, -0.2) is 0 Å². The van der Waals surface area contributed by atoms with Crippen molar-refractivity contribution >= 4 is 0 Å². The molecule has 2 heterocycles. The fourth-order valence-corrected chi connectivity index (χ4v) is 3.94. The molecule has 1 atom stereocenters. The van der Waals surface area contributed by atoms with Gasteiger partial charge in [-0.05, 0) is 56.3 Å². The van der Waals surface area contributed by atoms with Crippen LogP contribution in [0.25, 0.3) is 0 Å². The van der Waals surface area contributed by atoms with Crippen LogP contribution in [-0.2, 0) is 6.42 Å². The van der Waals surface area contributed by atoms with Crippen LogP contribution in [0.5, 0.6) is 11.5 Å².